The second-order valence-electron chi connectivity index (χ2n) is 10.2. The van der Waals surface area contributed by atoms with Gasteiger partial charge in [0, 0.05) is 55.0 Å². The van der Waals surface area contributed by atoms with E-state index in [0.29, 0.717) is 18.8 Å². The number of nitrogens with one attached hydrogen (secondary N) is 2. The van der Waals surface area contributed by atoms with Crippen LogP contribution in [0.2, 0.25) is 0 Å². The number of anilines is 2. The van der Waals surface area contributed by atoms with Crippen LogP contribution < -0.4 is 20.1 Å². The first kappa shape index (κ1) is 30.5. The molecular formula is C31H40N4O5. The molecular weight excluding hydrogens is 508 g/mol. The maximum atomic E-state index is 10.4. The minimum absolute atomic E-state index is 0.0437. The van der Waals surface area contributed by atoms with Crippen LogP contribution >= 0.6 is 0 Å². The van der Waals surface area contributed by atoms with Crippen molar-refractivity contribution < 1.29 is 23.5 Å². The van der Waals surface area contributed by atoms with E-state index in [-0.39, 0.29) is 5.41 Å². The summed E-state index contributed by atoms with van der Waals surface area (Å²) < 4.78 is 21.8. The van der Waals surface area contributed by atoms with Crippen LogP contribution in [0.25, 0.3) is 0 Å². The lowest BCUT2D eigenvalue weighted by atomic mass is 9.93. The second-order valence-corrected chi connectivity index (χ2v) is 10.2. The Balaban J connectivity index is 0.000000336. The number of nitrogens with zero attached hydrogens (tertiary/aromatic N) is 2. The molecule has 1 aromatic heterocycles. The first-order valence-corrected chi connectivity index (χ1v) is 13.4. The molecule has 0 spiro atoms. The van der Waals surface area contributed by atoms with E-state index >= 15 is 0 Å². The molecule has 0 saturated carbocycles. The summed E-state index contributed by atoms with van der Waals surface area (Å²) in [5.74, 6) is 9.33. The van der Waals surface area contributed by atoms with Gasteiger partial charge in [-0.15, -0.1) is 0 Å². The van der Waals surface area contributed by atoms with E-state index in [4.69, 9.17) is 18.7 Å². The van der Waals surface area contributed by atoms with E-state index in [1.54, 1.807) is 7.11 Å². The number of rotatable bonds is 9. The van der Waals surface area contributed by atoms with Gasteiger partial charge in [0.2, 0.25) is 6.41 Å². The smallest absolute Gasteiger partial charge is 0.211 e. The molecule has 0 unspecified atom stereocenters. The number of morpholine rings is 1. The summed E-state index contributed by atoms with van der Waals surface area (Å²) in [7, 11) is 3.45. The highest BCUT2D eigenvalue weighted by atomic mass is 16.5. The molecule has 0 aliphatic carbocycles. The highest BCUT2D eigenvalue weighted by molar-refractivity contribution is 5.71. The predicted octanol–water partition coefficient (Wildman–Crippen LogP) is 4.78. The quantitative estimate of drug-likeness (QED) is 0.224. The van der Waals surface area contributed by atoms with Crippen molar-refractivity contribution in [2.45, 2.75) is 32.6 Å². The molecule has 9 nitrogen and oxygen atoms in total. The Kier molecular flexibility index (Phi) is 11.9. The van der Waals surface area contributed by atoms with Gasteiger partial charge in [0.1, 0.15) is 5.76 Å². The van der Waals surface area contributed by atoms with Gasteiger partial charge in [0.15, 0.2) is 17.3 Å². The number of carbonyl (C=O) groups is 1. The molecule has 214 valence electrons. The number of hydrogen-bond donors (Lipinski definition) is 2. The van der Waals surface area contributed by atoms with Crippen molar-refractivity contribution in [2.75, 3.05) is 64.2 Å². The molecule has 4 rings (SSSR count). The van der Waals surface area contributed by atoms with Gasteiger partial charge in [-0.2, -0.15) is 0 Å². The Hall–Kier alpha value is -4.00. The second kappa shape index (κ2) is 15.6. The third-order valence-corrected chi connectivity index (χ3v) is 6.11. The van der Waals surface area contributed by atoms with Crippen LogP contribution in [0, 0.1) is 11.8 Å². The molecule has 2 aromatic carbocycles. The van der Waals surface area contributed by atoms with E-state index in [1.807, 2.05) is 55.6 Å². The van der Waals surface area contributed by atoms with E-state index in [1.165, 1.54) is 0 Å². The fraction of sp³-hybridized carbons (Fsp3) is 0.419. The standard InChI is InChI=1S/C23H26N2O4.C8H14N2O/c1-27-23-17-20(4-3-19-5-8-21(9-6-19)24-18-26)7-10-22(23)29-14-2-11-25-12-15-28-16-13-25;1-8(2,3)6-5-7(9-4)10-11-6/h5-10,17-18H,2,11-16H2,1H3,(H,24,26);5H,1-4H3,(H,9,10). The fourth-order valence-corrected chi connectivity index (χ4v) is 3.77. The third-order valence-electron chi connectivity index (χ3n) is 6.11. The van der Waals surface area contributed by atoms with Gasteiger partial charge in [-0.1, -0.05) is 37.8 Å². The zero-order valence-electron chi connectivity index (χ0n) is 24.1. The molecule has 1 saturated heterocycles. The van der Waals surface area contributed by atoms with Gasteiger partial charge < -0.3 is 29.4 Å². The molecule has 2 N–H and O–H groups in total. The lowest BCUT2D eigenvalue weighted by Gasteiger charge is -2.26. The van der Waals surface area contributed by atoms with Crippen LogP contribution in [0.5, 0.6) is 11.5 Å². The maximum absolute atomic E-state index is 10.4. The van der Waals surface area contributed by atoms with E-state index in [0.717, 1.165) is 73.4 Å². The average Bonchev–Trinajstić information content (AvgIpc) is 3.47. The normalized spacial score (nSPS) is 13.2. The third kappa shape index (κ3) is 9.95. The number of ether oxygens (including phenoxy) is 3. The van der Waals surface area contributed by atoms with Crippen LogP contribution in [0.3, 0.4) is 0 Å². The van der Waals surface area contributed by atoms with Crippen LogP contribution in [0.1, 0.15) is 44.1 Å². The molecule has 9 heteroatoms. The van der Waals surface area contributed by atoms with Crippen molar-refractivity contribution in [1.82, 2.24) is 10.1 Å². The molecule has 1 aliphatic heterocycles. The monoisotopic (exact) mass is 548 g/mol. The van der Waals surface area contributed by atoms with Crippen molar-refractivity contribution in [1.29, 1.82) is 0 Å². The molecule has 1 aliphatic rings. The summed E-state index contributed by atoms with van der Waals surface area (Å²) >= 11 is 0. The van der Waals surface area contributed by atoms with E-state index < -0.39 is 0 Å². The zero-order valence-corrected chi connectivity index (χ0v) is 24.1. The summed E-state index contributed by atoms with van der Waals surface area (Å²) in [5, 5.41) is 9.33. The Morgan fingerprint density at radius 1 is 1.02 bits per heavy atom. The lowest BCUT2D eigenvalue weighted by Crippen LogP contribution is -2.37. The van der Waals surface area contributed by atoms with E-state index in [2.05, 4.69) is 53.3 Å². The van der Waals surface area contributed by atoms with Crippen LogP contribution in [-0.2, 0) is 14.9 Å². The minimum Gasteiger partial charge on any atom is -0.493 e. The Morgan fingerprint density at radius 2 is 1.73 bits per heavy atom. The number of benzene rings is 2. The van der Waals surface area contributed by atoms with Crippen molar-refractivity contribution in [3.63, 3.8) is 0 Å². The number of amides is 1. The zero-order chi connectivity index (χ0) is 28.8. The van der Waals surface area contributed by atoms with Crippen molar-refractivity contribution >= 4 is 17.9 Å². The molecule has 0 atom stereocenters. The van der Waals surface area contributed by atoms with Gasteiger partial charge in [0.25, 0.3) is 0 Å². The van der Waals surface area contributed by atoms with Crippen molar-refractivity contribution in [3.05, 3.63) is 65.4 Å². The Bertz CT molecular complexity index is 1250. The predicted molar refractivity (Wildman–Crippen MR) is 157 cm³/mol. The molecule has 1 amide bonds. The van der Waals surface area contributed by atoms with Crippen LogP contribution in [-0.4, -0.2) is 70.1 Å². The number of methoxy groups -OCH3 is 1. The summed E-state index contributed by atoms with van der Waals surface area (Å²) in [6.07, 6.45) is 1.61. The van der Waals surface area contributed by atoms with E-state index in [9.17, 15) is 4.79 Å². The van der Waals surface area contributed by atoms with Gasteiger partial charge in [-0.25, -0.2) is 0 Å². The molecule has 0 bridgehead atoms. The van der Waals surface area contributed by atoms with Crippen molar-refractivity contribution in [3.8, 4) is 23.3 Å². The minimum atomic E-state index is 0.0437. The number of aromatic nitrogens is 1. The topological polar surface area (TPSA) is 98.1 Å². The Morgan fingerprint density at radius 3 is 2.33 bits per heavy atom. The number of hydrogen-bond acceptors (Lipinski definition) is 8. The van der Waals surface area contributed by atoms with Gasteiger partial charge in [-0.05, 0) is 48.9 Å². The van der Waals surface area contributed by atoms with Gasteiger partial charge in [0.05, 0.1) is 26.9 Å². The first-order chi connectivity index (χ1) is 19.3. The van der Waals surface area contributed by atoms with Crippen LogP contribution in [0.15, 0.2) is 53.1 Å². The summed E-state index contributed by atoms with van der Waals surface area (Å²) in [4.78, 5) is 12.8. The summed E-state index contributed by atoms with van der Waals surface area (Å²) in [6.45, 7) is 11.5. The molecule has 0 radical (unpaired) electrons. The highest BCUT2D eigenvalue weighted by Gasteiger charge is 2.19. The lowest BCUT2D eigenvalue weighted by molar-refractivity contribution is -0.105. The maximum Gasteiger partial charge on any atom is 0.211 e. The van der Waals surface area contributed by atoms with Crippen molar-refractivity contribution in [2.24, 2.45) is 0 Å². The largest absolute Gasteiger partial charge is 0.493 e. The SMILES string of the molecule is CNc1cc(C(C)(C)C)on1.COc1cc(C#Cc2ccc(NC=O)cc2)ccc1OCCCN1CCOCC1. The summed E-state index contributed by atoms with van der Waals surface area (Å²) in [6, 6.07) is 15.0. The summed E-state index contributed by atoms with van der Waals surface area (Å²) in [5.41, 5.74) is 2.49. The molecule has 40 heavy (non-hydrogen) atoms. The molecule has 2 heterocycles. The van der Waals surface area contributed by atoms with Crippen LogP contribution in [0.4, 0.5) is 11.5 Å². The van der Waals surface area contributed by atoms with Gasteiger partial charge >= 0.3 is 0 Å². The molecule has 3 aromatic rings. The molecule has 1 fully saturated rings. The van der Waals surface area contributed by atoms with Gasteiger partial charge in [-0.3, -0.25) is 9.69 Å². The number of carbonyl (C=O) groups excluding carboxylic acids is 1. The Labute approximate surface area is 237 Å². The average molecular weight is 549 g/mol. The first-order valence-electron chi connectivity index (χ1n) is 13.4. The fourth-order valence-electron chi connectivity index (χ4n) is 3.77. The highest BCUT2D eigenvalue weighted by Crippen LogP contribution is 2.28.